The minimum Gasteiger partial charge on any atom is -0.507 e. The number of amides is 1. The Morgan fingerprint density at radius 3 is 2.19 bits per heavy atom. The Morgan fingerprint density at radius 2 is 1.74 bits per heavy atom. The molecule has 1 fully saturated rings. The molecule has 6 nitrogen and oxygen atoms in total. The van der Waals surface area contributed by atoms with Gasteiger partial charge >= 0.3 is 0 Å². The van der Waals surface area contributed by atoms with Crippen molar-refractivity contribution in [1.82, 2.24) is 10.7 Å². The summed E-state index contributed by atoms with van der Waals surface area (Å²) in [5.74, 6) is 0.0646. The second kappa shape index (κ2) is 7.52. The maximum absolute atomic E-state index is 12.2. The third kappa shape index (κ3) is 5.23. The number of phenols is 1. The number of carbonyl (C=O) groups excluding carboxylic acids is 1. The summed E-state index contributed by atoms with van der Waals surface area (Å²) in [6.07, 6.45) is 1.80. The Bertz CT molecular complexity index is 811. The molecule has 0 aromatic heterocycles. The first-order valence-electron chi connectivity index (χ1n) is 8.51. The van der Waals surface area contributed by atoms with E-state index in [9.17, 15) is 9.90 Å². The van der Waals surface area contributed by atoms with Crippen LogP contribution in [-0.4, -0.2) is 21.3 Å². The summed E-state index contributed by atoms with van der Waals surface area (Å²) in [7, 11) is 0. The number of aromatic hydroxyl groups is 1. The molecule has 0 spiro atoms. The van der Waals surface area contributed by atoms with Gasteiger partial charge in [-0.15, -0.1) is 5.10 Å². The average Bonchev–Trinajstić information content (AvgIpc) is 2.84. The fraction of sp³-hybridized carbons (Fsp3) is 0.421. The zero-order chi connectivity index (χ0) is 20.6. The molecule has 0 unspecified atom stereocenters. The van der Waals surface area contributed by atoms with Crippen LogP contribution in [0.25, 0.3) is 6.08 Å². The van der Waals surface area contributed by atoms with E-state index in [1.165, 1.54) is 11.8 Å². The summed E-state index contributed by atoms with van der Waals surface area (Å²) in [4.78, 5) is 12.7. The molecule has 1 heterocycles. The molecule has 0 bridgehead atoms. The molecule has 5 N–H and O–H groups in total. The average molecular weight is 407 g/mol. The lowest BCUT2D eigenvalue weighted by molar-refractivity contribution is -0.115. The van der Waals surface area contributed by atoms with Crippen LogP contribution in [0, 0.1) is 0 Å². The zero-order valence-electron chi connectivity index (χ0n) is 16.4. The number of amidine groups is 1. The number of carbonyl (C=O) groups is 1. The number of benzene rings is 1. The highest BCUT2D eigenvalue weighted by molar-refractivity contribution is 8.18. The minimum absolute atomic E-state index is 0.0259. The third-order valence-corrected chi connectivity index (χ3v) is 4.97. The van der Waals surface area contributed by atoms with Gasteiger partial charge in [0, 0.05) is 11.1 Å². The van der Waals surface area contributed by atoms with Gasteiger partial charge in [0.15, 0.2) is 10.3 Å². The van der Waals surface area contributed by atoms with Crippen LogP contribution in [0.5, 0.6) is 5.75 Å². The summed E-state index contributed by atoms with van der Waals surface area (Å²) < 4.78 is 0. The summed E-state index contributed by atoms with van der Waals surface area (Å²) in [6.45, 7) is 12.3. The molecule has 1 aliphatic heterocycles. The summed E-state index contributed by atoms with van der Waals surface area (Å²) in [5, 5.41) is 17.8. The number of hydrazone groups is 1. The van der Waals surface area contributed by atoms with Gasteiger partial charge < -0.3 is 10.8 Å². The van der Waals surface area contributed by atoms with Crippen LogP contribution in [0.2, 0.25) is 0 Å². The number of nitrogens with two attached hydrogens (primary N) is 1. The van der Waals surface area contributed by atoms with Crippen molar-refractivity contribution >= 4 is 46.2 Å². The van der Waals surface area contributed by atoms with E-state index in [1.807, 2.05) is 12.1 Å². The van der Waals surface area contributed by atoms with Crippen molar-refractivity contribution in [1.29, 1.82) is 0 Å². The lowest BCUT2D eigenvalue weighted by Crippen LogP contribution is -2.28. The van der Waals surface area contributed by atoms with E-state index in [0.29, 0.717) is 15.8 Å². The standard InChI is InChI=1S/C19H26N4O2S2/c1-18(2,3)11-7-10(8-12(14(11)24)19(4,5)6)9-13-15(25)21-17(27-13)23-22-16(20)26/h7-9,24H,1-6H3,(H3,20,22,26)(H,21,23,25). The highest BCUT2D eigenvalue weighted by Gasteiger charge is 2.28. The highest BCUT2D eigenvalue weighted by atomic mass is 32.2. The molecule has 27 heavy (non-hydrogen) atoms. The van der Waals surface area contributed by atoms with Crippen LogP contribution in [-0.2, 0) is 15.6 Å². The predicted molar refractivity (Wildman–Crippen MR) is 117 cm³/mol. The molecule has 0 saturated carbocycles. The van der Waals surface area contributed by atoms with Crippen molar-refractivity contribution in [3.05, 3.63) is 33.7 Å². The molecule has 1 amide bonds. The third-order valence-electron chi connectivity index (χ3n) is 3.96. The van der Waals surface area contributed by atoms with E-state index < -0.39 is 0 Å². The zero-order valence-corrected chi connectivity index (χ0v) is 18.1. The molecule has 0 atom stereocenters. The summed E-state index contributed by atoms with van der Waals surface area (Å²) in [6, 6.07) is 3.85. The van der Waals surface area contributed by atoms with Gasteiger partial charge in [0.25, 0.3) is 5.91 Å². The van der Waals surface area contributed by atoms with E-state index in [-0.39, 0.29) is 21.8 Å². The molecule has 1 aliphatic rings. The topological polar surface area (TPSA) is 99.7 Å². The van der Waals surface area contributed by atoms with Gasteiger partial charge in [-0.05, 0) is 58.6 Å². The van der Waals surface area contributed by atoms with E-state index in [1.54, 1.807) is 6.08 Å². The second-order valence-corrected chi connectivity index (χ2v) is 9.89. The van der Waals surface area contributed by atoms with Gasteiger partial charge in [-0.2, -0.15) is 0 Å². The number of thioether (sulfide) groups is 1. The lowest BCUT2D eigenvalue weighted by atomic mass is 9.78. The molecular weight excluding hydrogens is 380 g/mol. The molecule has 0 radical (unpaired) electrons. The van der Waals surface area contributed by atoms with Crippen LogP contribution in [0.15, 0.2) is 22.1 Å². The normalized spacial score (nSPS) is 18.1. The van der Waals surface area contributed by atoms with Crippen LogP contribution >= 0.6 is 24.0 Å². The van der Waals surface area contributed by atoms with E-state index in [0.717, 1.165) is 16.7 Å². The molecule has 1 saturated heterocycles. The van der Waals surface area contributed by atoms with Crippen molar-refractivity contribution < 1.29 is 9.90 Å². The number of hydrogen-bond acceptors (Lipinski definition) is 5. The van der Waals surface area contributed by atoms with E-state index in [2.05, 4.69) is 57.4 Å². The largest absolute Gasteiger partial charge is 0.507 e. The first-order valence-corrected chi connectivity index (χ1v) is 9.73. The molecule has 2 rings (SSSR count). The molecule has 0 aliphatic carbocycles. The molecule has 1 aromatic rings. The quantitative estimate of drug-likeness (QED) is 0.342. The van der Waals surface area contributed by atoms with Crippen molar-refractivity contribution in [3.8, 4) is 5.75 Å². The van der Waals surface area contributed by atoms with Gasteiger partial charge in [0.1, 0.15) is 5.75 Å². The number of thiocarbonyl (C=S) groups is 1. The number of nitrogens with one attached hydrogen (secondary N) is 2. The molecular formula is C19H26N4O2S2. The number of rotatable bonds is 2. The Labute approximate surface area is 169 Å². The van der Waals surface area contributed by atoms with Crippen LogP contribution in [0.3, 0.4) is 0 Å². The fourth-order valence-corrected chi connectivity index (χ4v) is 3.45. The Kier molecular flexibility index (Phi) is 5.91. The monoisotopic (exact) mass is 406 g/mol. The van der Waals surface area contributed by atoms with Crippen molar-refractivity contribution in [2.45, 2.75) is 52.4 Å². The van der Waals surface area contributed by atoms with Crippen molar-refractivity contribution in [3.63, 3.8) is 0 Å². The second-order valence-electron chi connectivity index (χ2n) is 8.42. The lowest BCUT2D eigenvalue weighted by Gasteiger charge is -2.28. The maximum atomic E-state index is 12.2. The first-order chi connectivity index (χ1) is 12.3. The van der Waals surface area contributed by atoms with Crippen molar-refractivity contribution in [2.75, 3.05) is 0 Å². The van der Waals surface area contributed by atoms with E-state index >= 15 is 0 Å². The number of hydrogen-bond donors (Lipinski definition) is 4. The van der Waals surface area contributed by atoms with Crippen LogP contribution < -0.4 is 16.5 Å². The number of nitrogens with zero attached hydrogens (tertiary/aromatic N) is 1. The fourth-order valence-electron chi connectivity index (χ4n) is 2.62. The Hall–Kier alpha value is -2.06. The maximum Gasteiger partial charge on any atom is 0.264 e. The van der Waals surface area contributed by atoms with Crippen LogP contribution in [0.1, 0.15) is 58.2 Å². The highest BCUT2D eigenvalue weighted by Crippen LogP contribution is 2.40. The molecule has 1 aromatic carbocycles. The van der Waals surface area contributed by atoms with Crippen molar-refractivity contribution in [2.24, 2.45) is 10.8 Å². The predicted octanol–water partition coefficient (Wildman–Crippen LogP) is 3.30. The van der Waals surface area contributed by atoms with E-state index in [4.69, 9.17) is 18.0 Å². The molecule has 146 valence electrons. The SMILES string of the molecule is CC(C)(C)c1cc(C=C2SC(=NNC(N)=S)NC2=O)cc(C(C)(C)C)c1O. The molecule has 8 heteroatoms. The van der Waals surface area contributed by atoms with Gasteiger partial charge in [-0.25, -0.2) is 0 Å². The van der Waals surface area contributed by atoms with Gasteiger partial charge in [-0.3, -0.25) is 15.5 Å². The Morgan fingerprint density at radius 1 is 1.22 bits per heavy atom. The summed E-state index contributed by atoms with van der Waals surface area (Å²) >= 11 is 5.90. The smallest absolute Gasteiger partial charge is 0.264 e. The Balaban J connectivity index is 2.50. The van der Waals surface area contributed by atoms with Crippen LogP contribution in [0.4, 0.5) is 0 Å². The van der Waals surface area contributed by atoms with Gasteiger partial charge in [0.05, 0.1) is 4.91 Å². The summed E-state index contributed by atoms with van der Waals surface area (Å²) in [5.41, 5.74) is 9.86. The van der Waals surface area contributed by atoms with Gasteiger partial charge in [-0.1, -0.05) is 41.5 Å². The minimum atomic E-state index is -0.244. The van der Waals surface area contributed by atoms with Gasteiger partial charge in [0.2, 0.25) is 0 Å². The first kappa shape index (κ1) is 21.2. The number of phenolic OH excluding ortho intramolecular Hbond substituents is 1.